The molecular weight excluding hydrogens is 196 g/mol. The predicted molar refractivity (Wildman–Crippen MR) is 66.9 cm³/mol. The van der Waals surface area contributed by atoms with Crippen LogP contribution in [0.25, 0.3) is 0 Å². The van der Waals surface area contributed by atoms with Crippen LogP contribution >= 0.6 is 0 Å². The largest absolute Gasteiger partial charge is 0.313 e. The van der Waals surface area contributed by atoms with Crippen molar-refractivity contribution < 1.29 is 0 Å². The zero-order chi connectivity index (χ0) is 12.0. The second kappa shape index (κ2) is 5.67. The quantitative estimate of drug-likeness (QED) is 0.768. The number of nitriles is 1. The van der Waals surface area contributed by atoms with E-state index in [1.54, 1.807) is 0 Å². The third-order valence-electron chi connectivity index (χ3n) is 2.64. The summed E-state index contributed by atoms with van der Waals surface area (Å²) in [6.45, 7) is 7.81. The number of nitrogens with zero attached hydrogens (tertiary/aromatic N) is 1. The standard InChI is InChI=1S/C14H20N2/c1-12-5-4-6-13(9-12)10-16-8-7-14(2,3)11-15/h4-6,9,16H,7-8,10H2,1-3H3. The zero-order valence-electron chi connectivity index (χ0n) is 10.4. The summed E-state index contributed by atoms with van der Waals surface area (Å²) in [6, 6.07) is 10.8. The van der Waals surface area contributed by atoms with Crippen molar-refractivity contribution in [3.8, 4) is 6.07 Å². The van der Waals surface area contributed by atoms with Gasteiger partial charge in [0.25, 0.3) is 0 Å². The van der Waals surface area contributed by atoms with Gasteiger partial charge in [-0.3, -0.25) is 0 Å². The Kier molecular flexibility index (Phi) is 4.52. The van der Waals surface area contributed by atoms with Crippen LogP contribution in [0.3, 0.4) is 0 Å². The van der Waals surface area contributed by atoms with Gasteiger partial charge in [0.1, 0.15) is 0 Å². The summed E-state index contributed by atoms with van der Waals surface area (Å²) in [4.78, 5) is 0. The molecule has 1 N–H and O–H groups in total. The maximum atomic E-state index is 8.87. The van der Waals surface area contributed by atoms with E-state index in [4.69, 9.17) is 5.26 Å². The van der Waals surface area contributed by atoms with Gasteiger partial charge in [0.05, 0.1) is 11.5 Å². The third kappa shape index (κ3) is 4.46. The van der Waals surface area contributed by atoms with Gasteiger partial charge in [-0.2, -0.15) is 5.26 Å². The first kappa shape index (κ1) is 12.7. The molecule has 0 heterocycles. The van der Waals surface area contributed by atoms with Gasteiger partial charge in [0, 0.05) is 6.54 Å². The molecule has 0 fully saturated rings. The van der Waals surface area contributed by atoms with Gasteiger partial charge < -0.3 is 5.32 Å². The van der Waals surface area contributed by atoms with Crippen molar-refractivity contribution >= 4 is 0 Å². The van der Waals surface area contributed by atoms with E-state index >= 15 is 0 Å². The first-order valence-electron chi connectivity index (χ1n) is 5.71. The van der Waals surface area contributed by atoms with E-state index in [0.717, 1.165) is 19.5 Å². The Labute approximate surface area is 98.3 Å². The van der Waals surface area contributed by atoms with Gasteiger partial charge in [0.2, 0.25) is 0 Å². The lowest BCUT2D eigenvalue weighted by Gasteiger charge is -2.15. The highest BCUT2D eigenvalue weighted by Gasteiger charge is 2.15. The van der Waals surface area contributed by atoms with Gasteiger partial charge >= 0.3 is 0 Å². The molecule has 0 radical (unpaired) electrons. The molecule has 16 heavy (non-hydrogen) atoms. The SMILES string of the molecule is Cc1cccc(CNCCC(C)(C)C#N)c1. The maximum absolute atomic E-state index is 8.87. The molecule has 2 nitrogen and oxygen atoms in total. The van der Waals surface area contributed by atoms with Gasteiger partial charge in [-0.15, -0.1) is 0 Å². The summed E-state index contributed by atoms with van der Waals surface area (Å²) in [5.74, 6) is 0. The Morgan fingerprint density at radius 2 is 2.12 bits per heavy atom. The van der Waals surface area contributed by atoms with Gasteiger partial charge in [-0.1, -0.05) is 29.8 Å². The van der Waals surface area contributed by atoms with Crippen molar-refractivity contribution in [1.82, 2.24) is 5.32 Å². The first-order valence-corrected chi connectivity index (χ1v) is 5.71. The van der Waals surface area contributed by atoms with Crippen LogP contribution in [-0.4, -0.2) is 6.54 Å². The lowest BCUT2D eigenvalue weighted by atomic mass is 9.91. The number of nitrogens with one attached hydrogen (secondary N) is 1. The molecule has 0 bridgehead atoms. The molecule has 86 valence electrons. The molecule has 0 aliphatic rings. The zero-order valence-corrected chi connectivity index (χ0v) is 10.4. The van der Waals surface area contributed by atoms with E-state index in [0.29, 0.717) is 0 Å². The molecule has 1 rings (SSSR count). The Balaban J connectivity index is 2.29. The number of hydrogen-bond acceptors (Lipinski definition) is 2. The summed E-state index contributed by atoms with van der Waals surface area (Å²) < 4.78 is 0. The molecule has 1 aromatic carbocycles. The molecule has 0 aromatic heterocycles. The van der Waals surface area contributed by atoms with Crippen LogP contribution in [0.5, 0.6) is 0 Å². The van der Waals surface area contributed by atoms with Crippen LogP contribution < -0.4 is 5.32 Å². The minimum absolute atomic E-state index is 0.223. The Morgan fingerprint density at radius 1 is 1.38 bits per heavy atom. The Morgan fingerprint density at radius 3 is 2.75 bits per heavy atom. The topological polar surface area (TPSA) is 35.8 Å². The van der Waals surface area contributed by atoms with Crippen LogP contribution in [0.15, 0.2) is 24.3 Å². The van der Waals surface area contributed by atoms with E-state index in [2.05, 4.69) is 42.6 Å². The molecule has 0 aliphatic heterocycles. The maximum Gasteiger partial charge on any atom is 0.0684 e. The van der Waals surface area contributed by atoms with E-state index < -0.39 is 0 Å². The van der Waals surface area contributed by atoms with Crippen LogP contribution in [0, 0.1) is 23.7 Å². The Hall–Kier alpha value is -1.33. The van der Waals surface area contributed by atoms with Crippen LogP contribution in [0.2, 0.25) is 0 Å². The molecule has 0 atom stereocenters. The lowest BCUT2D eigenvalue weighted by Crippen LogP contribution is -2.21. The van der Waals surface area contributed by atoms with Crippen LogP contribution in [0.1, 0.15) is 31.4 Å². The van der Waals surface area contributed by atoms with Gasteiger partial charge in [-0.25, -0.2) is 0 Å². The predicted octanol–water partition coefficient (Wildman–Crippen LogP) is 3.02. The minimum atomic E-state index is -0.223. The summed E-state index contributed by atoms with van der Waals surface area (Å²) in [6.07, 6.45) is 0.884. The van der Waals surface area contributed by atoms with Crippen molar-refractivity contribution in [3.63, 3.8) is 0 Å². The molecule has 0 spiro atoms. The lowest BCUT2D eigenvalue weighted by molar-refractivity contribution is 0.432. The summed E-state index contributed by atoms with van der Waals surface area (Å²) in [5.41, 5.74) is 2.37. The molecule has 1 aromatic rings. The summed E-state index contributed by atoms with van der Waals surface area (Å²) in [7, 11) is 0. The summed E-state index contributed by atoms with van der Waals surface area (Å²) in [5, 5.41) is 12.2. The number of hydrogen-bond donors (Lipinski definition) is 1. The highest BCUT2D eigenvalue weighted by Crippen LogP contribution is 2.17. The second-order valence-electron chi connectivity index (χ2n) is 4.91. The molecule has 0 unspecified atom stereocenters. The Bertz CT molecular complexity index is 375. The highest BCUT2D eigenvalue weighted by atomic mass is 14.8. The molecule has 2 heteroatoms. The fourth-order valence-electron chi connectivity index (χ4n) is 1.51. The monoisotopic (exact) mass is 216 g/mol. The van der Waals surface area contributed by atoms with Crippen molar-refractivity contribution in [3.05, 3.63) is 35.4 Å². The fourth-order valence-corrected chi connectivity index (χ4v) is 1.51. The van der Waals surface area contributed by atoms with Crippen LogP contribution in [0.4, 0.5) is 0 Å². The summed E-state index contributed by atoms with van der Waals surface area (Å²) >= 11 is 0. The highest BCUT2D eigenvalue weighted by molar-refractivity contribution is 5.21. The first-order chi connectivity index (χ1) is 7.53. The normalized spacial score (nSPS) is 11.1. The molecule has 0 aliphatic carbocycles. The second-order valence-corrected chi connectivity index (χ2v) is 4.91. The number of rotatable bonds is 5. The number of benzene rings is 1. The van der Waals surface area contributed by atoms with E-state index in [9.17, 15) is 0 Å². The van der Waals surface area contributed by atoms with Crippen molar-refractivity contribution in [2.45, 2.75) is 33.7 Å². The number of aryl methyl sites for hydroxylation is 1. The van der Waals surface area contributed by atoms with E-state index in [-0.39, 0.29) is 5.41 Å². The molecule has 0 saturated carbocycles. The van der Waals surface area contributed by atoms with Crippen LogP contribution in [-0.2, 0) is 6.54 Å². The average Bonchev–Trinajstić information content (AvgIpc) is 2.25. The van der Waals surface area contributed by atoms with E-state index in [1.807, 2.05) is 13.8 Å². The molecule has 0 amide bonds. The van der Waals surface area contributed by atoms with Crippen molar-refractivity contribution in [2.75, 3.05) is 6.54 Å². The van der Waals surface area contributed by atoms with Crippen molar-refractivity contribution in [2.24, 2.45) is 5.41 Å². The minimum Gasteiger partial charge on any atom is -0.313 e. The smallest absolute Gasteiger partial charge is 0.0684 e. The fraction of sp³-hybridized carbons (Fsp3) is 0.500. The third-order valence-corrected chi connectivity index (χ3v) is 2.64. The van der Waals surface area contributed by atoms with Crippen molar-refractivity contribution in [1.29, 1.82) is 5.26 Å². The molecule has 0 saturated heterocycles. The average molecular weight is 216 g/mol. The molecular formula is C14H20N2. The van der Waals surface area contributed by atoms with Gasteiger partial charge in [0.15, 0.2) is 0 Å². The van der Waals surface area contributed by atoms with Gasteiger partial charge in [-0.05, 0) is 39.3 Å². The van der Waals surface area contributed by atoms with E-state index in [1.165, 1.54) is 11.1 Å².